The molecule has 1 unspecified atom stereocenters. The van der Waals surface area contributed by atoms with Crippen molar-refractivity contribution in [2.45, 2.75) is 70.6 Å². The first-order chi connectivity index (χ1) is 20.4. The van der Waals surface area contributed by atoms with Gasteiger partial charge in [-0.15, -0.1) is 0 Å². The number of fused-ring (bicyclic) bond motifs is 1. The maximum Gasteiger partial charge on any atom is 0.232 e. The molecule has 43 heavy (non-hydrogen) atoms. The Kier molecular flexibility index (Phi) is 10.3. The number of hydrogen-bond acceptors (Lipinski definition) is 8. The van der Waals surface area contributed by atoms with Gasteiger partial charge < -0.3 is 20.5 Å². The van der Waals surface area contributed by atoms with Gasteiger partial charge in [0, 0.05) is 19.1 Å². The van der Waals surface area contributed by atoms with Gasteiger partial charge in [-0.2, -0.15) is 5.26 Å². The van der Waals surface area contributed by atoms with E-state index < -0.39 is 22.2 Å². The molecule has 1 heterocycles. The second kappa shape index (κ2) is 13.8. The van der Waals surface area contributed by atoms with E-state index in [0.717, 1.165) is 25.5 Å². The molecule has 10 heteroatoms. The number of aromatic nitrogens is 1. The molecule has 0 saturated heterocycles. The number of aliphatic hydroxyl groups excluding tert-OH is 1. The second-order valence-electron chi connectivity index (χ2n) is 11.9. The Labute approximate surface area is 256 Å². The Bertz CT molecular complexity index is 1570. The Morgan fingerprint density at radius 3 is 2.56 bits per heavy atom. The summed E-state index contributed by atoms with van der Waals surface area (Å²) in [7, 11) is -1.98. The molecule has 0 fully saturated rings. The van der Waals surface area contributed by atoms with Gasteiger partial charge in [-0.25, -0.2) is 13.4 Å². The van der Waals surface area contributed by atoms with Crippen LogP contribution in [0.3, 0.4) is 0 Å². The van der Waals surface area contributed by atoms with Crippen molar-refractivity contribution in [3.63, 3.8) is 0 Å². The number of ether oxygens (including phenoxy) is 1. The zero-order valence-electron chi connectivity index (χ0n) is 25.7. The van der Waals surface area contributed by atoms with Crippen LogP contribution in [0.1, 0.15) is 67.6 Å². The monoisotopic (exact) mass is 605 g/mol. The highest BCUT2D eigenvalue weighted by Crippen LogP contribution is 2.33. The topological polar surface area (TPSA) is 128 Å². The summed E-state index contributed by atoms with van der Waals surface area (Å²) in [6.07, 6.45) is 5.96. The molecule has 3 N–H and O–H groups in total. The van der Waals surface area contributed by atoms with Gasteiger partial charge in [0.05, 0.1) is 29.2 Å². The third kappa shape index (κ3) is 8.47. The Balaban J connectivity index is 1.39. The fraction of sp³-hybridized carbons (Fsp3) is 0.455. The van der Waals surface area contributed by atoms with Crippen LogP contribution in [0.2, 0.25) is 0 Å². The summed E-state index contributed by atoms with van der Waals surface area (Å²) in [5, 5.41) is 26.9. The van der Waals surface area contributed by atoms with Crippen LogP contribution in [0.15, 0.2) is 54.6 Å². The van der Waals surface area contributed by atoms with Gasteiger partial charge in [-0.1, -0.05) is 24.3 Å². The van der Waals surface area contributed by atoms with Crippen LogP contribution in [0.25, 0.3) is 0 Å². The van der Waals surface area contributed by atoms with Crippen molar-refractivity contribution >= 4 is 21.5 Å². The number of hydrogen-bond donors (Lipinski definition) is 3. The number of sulfonamides is 1. The van der Waals surface area contributed by atoms with E-state index in [4.69, 9.17) is 4.74 Å². The number of aryl methyl sites for hydroxylation is 2. The number of pyridine rings is 1. The van der Waals surface area contributed by atoms with E-state index in [2.05, 4.69) is 53.7 Å². The Morgan fingerprint density at radius 2 is 1.86 bits per heavy atom. The smallest absolute Gasteiger partial charge is 0.232 e. The summed E-state index contributed by atoms with van der Waals surface area (Å²) < 4.78 is 32.8. The van der Waals surface area contributed by atoms with Crippen molar-refractivity contribution < 1.29 is 18.3 Å². The minimum Gasteiger partial charge on any atom is -0.489 e. The van der Waals surface area contributed by atoms with Crippen LogP contribution in [0.5, 0.6) is 5.75 Å². The van der Waals surface area contributed by atoms with Crippen LogP contribution in [0.4, 0.5) is 11.5 Å². The van der Waals surface area contributed by atoms with Gasteiger partial charge in [-0.05, 0) is 99.9 Å². The van der Waals surface area contributed by atoms with E-state index in [1.54, 1.807) is 44.3 Å². The highest BCUT2D eigenvalue weighted by Gasteiger charge is 2.27. The molecule has 0 radical (unpaired) electrons. The zero-order chi connectivity index (χ0) is 31.2. The number of anilines is 2. The first-order valence-corrected chi connectivity index (χ1v) is 16.6. The van der Waals surface area contributed by atoms with Crippen molar-refractivity contribution in [2.75, 3.05) is 36.1 Å². The van der Waals surface area contributed by atoms with Gasteiger partial charge in [0.1, 0.15) is 30.3 Å². The normalized spacial score (nSPS) is 14.7. The third-order valence-corrected chi connectivity index (χ3v) is 9.05. The van der Waals surface area contributed by atoms with Crippen molar-refractivity contribution in [3.8, 4) is 11.8 Å². The van der Waals surface area contributed by atoms with Gasteiger partial charge in [0.15, 0.2) is 0 Å². The number of β-amino-alcohol motifs (C(OH)–C–C–N with tert-alkyl or cyclic N) is 1. The number of benzene rings is 2. The van der Waals surface area contributed by atoms with E-state index in [1.807, 2.05) is 0 Å². The van der Waals surface area contributed by atoms with Crippen LogP contribution < -0.4 is 19.7 Å². The summed E-state index contributed by atoms with van der Waals surface area (Å²) in [6, 6.07) is 18.3. The summed E-state index contributed by atoms with van der Waals surface area (Å²) in [5.74, 6) is 0.893. The number of nitriles is 1. The number of aliphatic hydroxyl groups is 1. The average molecular weight is 606 g/mol. The number of rotatable bonds is 13. The molecule has 1 aromatic heterocycles. The quantitative estimate of drug-likeness (QED) is 0.255. The van der Waals surface area contributed by atoms with E-state index in [9.17, 15) is 18.8 Å². The zero-order valence-corrected chi connectivity index (χ0v) is 26.5. The van der Waals surface area contributed by atoms with Crippen LogP contribution in [-0.4, -0.2) is 56.6 Å². The van der Waals surface area contributed by atoms with Crippen molar-refractivity contribution in [1.82, 2.24) is 10.3 Å². The molecule has 2 aromatic carbocycles. The Morgan fingerprint density at radius 1 is 1.12 bits per heavy atom. The average Bonchev–Trinajstić information content (AvgIpc) is 2.98. The van der Waals surface area contributed by atoms with Gasteiger partial charge in [-0.3, -0.25) is 4.31 Å². The molecule has 0 spiro atoms. The lowest BCUT2D eigenvalue weighted by molar-refractivity contribution is 0.0987. The molecule has 0 bridgehead atoms. The minimum atomic E-state index is -3.72. The molecule has 1 aliphatic carbocycles. The standard InChI is InChI=1S/C33H43N5O4S/c1-23(30-11-8-12-32(35-4)37-30)38(43(5,40)41)28-15-16-31(27(18-28)20-34)42-22-29(39)21-36-33(2,3)19-24-13-14-25-9-6-7-10-26(25)17-24/h8,11-18,23,29,36,39H,6-7,9-10,19,21-22H2,1-5H3,(H,35,37)/t23?,29-/m1/s1. The molecule has 0 saturated carbocycles. The predicted molar refractivity (Wildman–Crippen MR) is 171 cm³/mol. The fourth-order valence-corrected chi connectivity index (χ4v) is 6.80. The van der Waals surface area contributed by atoms with Crippen LogP contribution in [-0.2, 0) is 29.3 Å². The lowest BCUT2D eigenvalue weighted by atomic mass is 9.87. The number of nitrogens with zero attached hydrogens (tertiary/aromatic N) is 3. The van der Waals surface area contributed by atoms with E-state index in [1.165, 1.54) is 39.9 Å². The molecule has 1 aliphatic rings. The highest BCUT2D eigenvalue weighted by atomic mass is 32.2. The predicted octanol–water partition coefficient (Wildman–Crippen LogP) is 4.75. The first-order valence-electron chi connectivity index (χ1n) is 14.7. The minimum absolute atomic E-state index is 0.0249. The largest absolute Gasteiger partial charge is 0.489 e. The van der Waals surface area contributed by atoms with Gasteiger partial charge >= 0.3 is 0 Å². The third-order valence-electron chi connectivity index (χ3n) is 7.81. The second-order valence-corrected chi connectivity index (χ2v) is 13.8. The van der Waals surface area contributed by atoms with Crippen molar-refractivity contribution in [1.29, 1.82) is 5.26 Å². The molecule has 3 aromatic rings. The molecular weight excluding hydrogens is 562 g/mol. The van der Waals surface area contributed by atoms with Crippen LogP contribution in [0, 0.1) is 11.3 Å². The fourth-order valence-electron chi connectivity index (χ4n) is 5.62. The molecule has 2 atom stereocenters. The van der Waals surface area contributed by atoms with Crippen LogP contribution >= 0.6 is 0 Å². The molecule has 0 aliphatic heterocycles. The lowest BCUT2D eigenvalue weighted by Crippen LogP contribution is -2.46. The van der Waals surface area contributed by atoms with Crippen molar-refractivity contribution in [2.24, 2.45) is 0 Å². The molecule has 0 amide bonds. The highest BCUT2D eigenvalue weighted by molar-refractivity contribution is 7.92. The number of nitrogens with one attached hydrogen (secondary N) is 2. The summed E-state index contributed by atoms with van der Waals surface area (Å²) in [4.78, 5) is 4.49. The molecule has 230 valence electrons. The van der Waals surface area contributed by atoms with E-state index in [-0.39, 0.29) is 23.5 Å². The Hall–Kier alpha value is -3.65. The summed E-state index contributed by atoms with van der Waals surface area (Å²) in [5.41, 5.74) is 5.02. The van der Waals surface area contributed by atoms with Gasteiger partial charge in [0.25, 0.3) is 0 Å². The van der Waals surface area contributed by atoms with E-state index in [0.29, 0.717) is 23.7 Å². The molecular formula is C33H43N5O4S. The summed E-state index contributed by atoms with van der Waals surface area (Å²) in [6.45, 7) is 6.27. The first kappa shape index (κ1) is 32.3. The maximum absolute atomic E-state index is 12.9. The lowest BCUT2D eigenvalue weighted by Gasteiger charge is -2.29. The van der Waals surface area contributed by atoms with E-state index >= 15 is 0 Å². The maximum atomic E-state index is 12.9. The molecule has 9 nitrogen and oxygen atoms in total. The molecule has 4 rings (SSSR count). The van der Waals surface area contributed by atoms with Gasteiger partial charge in [0.2, 0.25) is 10.0 Å². The summed E-state index contributed by atoms with van der Waals surface area (Å²) >= 11 is 0. The van der Waals surface area contributed by atoms with Crippen molar-refractivity contribution in [3.05, 3.63) is 82.5 Å². The SMILES string of the molecule is CNc1cccc(C(C)N(c2ccc(OC[C@H](O)CNC(C)(C)Cc3ccc4c(c3)CCCC4)c(C#N)c2)S(C)(=O)=O)n1.